The molecular formula is C14H13FN2O3. The van der Waals surface area contributed by atoms with Gasteiger partial charge in [0, 0.05) is 23.7 Å². The maximum absolute atomic E-state index is 12.9. The lowest BCUT2D eigenvalue weighted by atomic mass is 10.1. The molecule has 0 bridgehead atoms. The number of ether oxygens (including phenoxy) is 1. The normalized spacial score (nSPS) is 10.3. The zero-order valence-corrected chi connectivity index (χ0v) is 10.8. The lowest BCUT2D eigenvalue weighted by Gasteiger charge is -2.08. The van der Waals surface area contributed by atoms with E-state index in [1.54, 1.807) is 12.1 Å². The van der Waals surface area contributed by atoms with Gasteiger partial charge in [-0.15, -0.1) is 0 Å². The minimum absolute atomic E-state index is 0.0182. The molecule has 0 aliphatic heterocycles. The van der Waals surface area contributed by atoms with Gasteiger partial charge in [0.05, 0.1) is 7.11 Å². The van der Waals surface area contributed by atoms with Gasteiger partial charge in [0.2, 0.25) is 5.88 Å². The lowest BCUT2D eigenvalue weighted by molar-refractivity contribution is -0.136. The van der Waals surface area contributed by atoms with Gasteiger partial charge < -0.3 is 9.84 Å². The number of hydrogen-bond acceptors (Lipinski definition) is 4. The van der Waals surface area contributed by atoms with Crippen LogP contribution >= 0.6 is 0 Å². The maximum Gasteiger partial charge on any atom is 0.303 e. The molecule has 0 aliphatic rings. The summed E-state index contributed by atoms with van der Waals surface area (Å²) in [5.41, 5.74) is 1.29. The Labute approximate surface area is 115 Å². The predicted octanol–water partition coefficient (Wildman–Crippen LogP) is 2.31. The monoisotopic (exact) mass is 276 g/mol. The molecule has 2 aromatic rings. The van der Waals surface area contributed by atoms with Crippen molar-refractivity contribution >= 4 is 5.97 Å². The van der Waals surface area contributed by atoms with E-state index < -0.39 is 5.97 Å². The zero-order chi connectivity index (χ0) is 14.5. The maximum atomic E-state index is 12.9. The molecule has 6 heteroatoms. The van der Waals surface area contributed by atoms with Crippen molar-refractivity contribution < 1.29 is 19.0 Å². The molecule has 0 radical (unpaired) electrons. The number of aliphatic carboxylic acids is 1. The number of carbonyl (C=O) groups is 1. The fraction of sp³-hybridized carbons (Fsp3) is 0.214. The Morgan fingerprint density at radius 2 is 2.05 bits per heavy atom. The molecule has 1 N–H and O–H groups in total. The van der Waals surface area contributed by atoms with Gasteiger partial charge in [-0.2, -0.15) is 4.98 Å². The molecule has 1 heterocycles. The number of benzene rings is 1. The largest absolute Gasteiger partial charge is 0.481 e. The Hall–Kier alpha value is -2.50. The third-order valence-electron chi connectivity index (χ3n) is 2.73. The van der Waals surface area contributed by atoms with Gasteiger partial charge in [0.25, 0.3) is 0 Å². The SMILES string of the molecule is COc1nc(-c2ccc(F)cc2)ncc1CCC(=O)O. The molecule has 20 heavy (non-hydrogen) atoms. The molecule has 2 rings (SSSR count). The predicted molar refractivity (Wildman–Crippen MR) is 69.9 cm³/mol. The van der Waals surface area contributed by atoms with Crippen LogP contribution in [0.15, 0.2) is 30.5 Å². The Kier molecular flexibility index (Phi) is 4.24. The van der Waals surface area contributed by atoms with Gasteiger partial charge >= 0.3 is 5.97 Å². The fourth-order valence-electron chi connectivity index (χ4n) is 1.72. The van der Waals surface area contributed by atoms with Gasteiger partial charge in [-0.3, -0.25) is 4.79 Å². The van der Waals surface area contributed by atoms with Gasteiger partial charge in [-0.05, 0) is 30.7 Å². The summed E-state index contributed by atoms with van der Waals surface area (Å²) in [7, 11) is 1.46. The van der Waals surface area contributed by atoms with Crippen LogP contribution in [0.4, 0.5) is 4.39 Å². The van der Waals surface area contributed by atoms with Crippen LogP contribution in [0, 0.1) is 5.82 Å². The molecular weight excluding hydrogens is 263 g/mol. The first-order valence-corrected chi connectivity index (χ1v) is 5.98. The number of carboxylic acids is 1. The third-order valence-corrected chi connectivity index (χ3v) is 2.73. The average molecular weight is 276 g/mol. The molecule has 0 amide bonds. The third kappa shape index (κ3) is 3.28. The van der Waals surface area contributed by atoms with Gasteiger partial charge in [-0.1, -0.05) is 0 Å². The number of halogens is 1. The Morgan fingerprint density at radius 1 is 1.35 bits per heavy atom. The number of aryl methyl sites for hydroxylation is 1. The lowest BCUT2D eigenvalue weighted by Crippen LogP contribution is -2.03. The van der Waals surface area contributed by atoms with Crippen molar-refractivity contribution in [3.63, 3.8) is 0 Å². The molecule has 0 unspecified atom stereocenters. The van der Waals surface area contributed by atoms with E-state index in [4.69, 9.17) is 9.84 Å². The molecule has 0 saturated carbocycles. The topological polar surface area (TPSA) is 72.3 Å². The molecule has 0 atom stereocenters. The zero-order valence-electron chi connectivity index (χ0n) is 10.8. The highest BCUT2D eigenvalue weighted by atomic mass is 19.1. The van der Waals surface area contributed by atoms with E-state index in [2.05, 4.69) is 9.97 Å². The van der Waals surface area contributed by atoms with Crippen molar-refractivity contribution in [3.8, 4) is 17.3 Å². The van der Waals surface area contributed by atoms with Crippen LogP contribution in [0.1, 0.15) is 12.0 Å². The summed E-state index contributed by atoms with van der Waals surface area (Å²) in [4.78, 5) is 19.0. The minimum Gasteiger partial charge on any atom is -0.481 e. The number of methoxy groups -OCH3 is 1. The van der Waals surface area contributed by atoms with Crippen LogP contribution in [-0.4, -0.2) is 28.2 Å². The molecule has 0 spiro atoms. The number of aromatic nitrogens is 2. The highest BCUT2D eigenvalue weighted by Crippen LogP contribution is 2.22. The summed E-state index contributed by atoms with van der Waals surface area (Å²) in [5, 5.41) is 8.68. The summed E-state index contributed by atoms with van der Waals surface area (Å²) < 4.78 is 18.0. The van der Waals surface area contributed by atoms with E-state index >= 15 is 0 Å². The number of hydrogen-bond donors (Lipinski definition) is 1. The molecule has 104 valence electrons. The summed E-state index contributed by atoms with van der Waals surface area (Å²) in [5.74, 6) is -0.491. The first kappa shape index (κ1) is 13.9. The molecule has 1 aromatic carbocycles. The summed E-state index contributed by atoms with van der Waals surface area (Å²) >= 11 is 0. The summed E-state index contributed by atoms with van der Waals surface area (Å²) in [6, 6.07) is 5.79. The Morgan fingerprint density at radius 3 is 2.65 bits per heavy atom. The van der Waals surface area contributed by atoms with Gasteiger partial charge in [0.15, 0.2) is 5.82 Å². The fourth-order valence-corrected chi connectivity index (χ4v) is 1.72. The van der Waals surface area contributed by atoms with Crippen molar-refractivity contribution in [2.24, 2.45) is 0 Å². The second kappa shape index (κ2) is 6.10. The van der Waals surface area contributed by atoms with Crippen molar-refractivity contribution in [1.29, 1.82) is 0 Å². The summed E-state index contributed by atoms with van der Waals surface area (Å²) in [6.45, 7) is 0. The van der Waals surface area contributed by atoms with Crippen molar-refractivity contribution in [3.05, 3.63) is 41.8 Å². The first-order chi connectivity index (χ1) is 9.60. The molecule has 0 saturated heterocycles. The van der Waals surface area contributed by atoms with E-state index in [9.17, 15) is 9.18 Å². The van der Waals surface area contributed by atoms with Crippen molar-refractivity contribution in [2.45, 2.75) is 12.8 Å². The van der Waals surface area contributed by atoms with Crippen LogP contribution in [0.5, 0.6) is 5.88 Å². The Balaban J connectivity index is 2.28. The molecule has 0 aliphatic carbocycles. The van der Waals surface area contributed by atoms with E-state index in [1.165, 1.54) is 25.4 Å². The van der Waals surface area contributed by atoms with Crippen LogP contribution in [-0.2, 0) is 11.2 Å². The quantitative estimate of drug-likeness (QED) is 0.907. The second-order valence-electron chi connectivity index (χ2n) is 4.13. The van der Waals surface area contributed by atoms with E-state index in [-0.39, 0.29) is 12.2 Å². The number of carboxylic acid groups (broad SMARTS) is 1. The summed E-state index contributed by atoms with van der Waals surface area (Å²) in [6.07, 6.45) is 1.81. The van der Waals surface area contributed by atoms with Gasteiger partial charge in [0.1, 0.15) is 5.82 Å². The van der Waals surface area contributed by atoms with Crippen LogP contribution in [0.3, 0.4) is 0 Å². The van der Waals surface area contributed by atoms with Gasteiger partial charge in [-0.25, -0.2) is 9.37 Å². The number of nitrogens with zero attached hydrogens (tertiary/aromatic N) is 2. The average Bonchev–Trinajstić information content (AvgIpc) is 2.45. The molecule has 5 nitrogen and oxygen atoms in total. The highest BCUT2D eigenvalue weighted by Gasteiger charge is 2.10. The van der Waals surface area contributed by atoms with Crippen LogP contribution in [0.2, 0.25) is 0 Å². The smallest absolute Gasteiger partial charge is 0.303 e. The number of rotatable bonds is 5. The Bertz CT molecular complexity index is 614. The molecule has 0 fully saturated rings. The van der Waals surface area contributed by atoms with Crippen molar-refractivity contribution in [2.75, 3.05) is 7.11 Å². The van der Waals surface area contributed by atoms with E-state index in [1.807, 2.05) is 0 Å². The van der Waals surface area contributed by atoms with E-state index in [0.717, 1.165) is 0 Å². The highest BCUT2D eigenvalue weighted by molar-refractivity contribution is 5.67. The minimum atomic E-state index is -0.894. The first-order valence-electron chi connectivity index (χ1n) is 5.98. The van der Waals surface area contributed by atoms with Crippen molar-refractivity contribution in [1.82, 2.24) is 9.97 Å². The van der Waals surface area contributed by atoms with E-state index in [0.29, 0.717) is 29.3 Å². The standard InChI is InChI=1S/C14H13FN2O3/c1-20-14-10(4-7-12(18)19)8-16-13(17-14)9-2-5-11(15)6-3-9/h2-3,5-6,8H,4,7H2,1H3,(H,18,19). The van der Waals surface area contributed by atoms with Crippen LogP contribution in [0.25, 0.3) is 11.4 Å². The molecule has 1 aromatic heterocycles. The second-order valence-corrected chi connectivity index (χ2v) is 4.13. The van der Waals surface area contributed by atoms with Crippen LogP contribution < -0.4 is 4.74 Å².